The Morgan fingerprint density at radius 2 is 2.00 bits per heavy atom. The van der Waals surface area contributed by atoms with E-state index in [1.165, 1.54) is 0 Å². The van der Waals surface area contributed by atoms with Crippen molar-refractivity contribution in [2.45, 2.75) is 33.2 Å². The molecule has 0 aromatic carbocycles. The average Bonchev–Trinajstić information content (AvgIpc) is 1.88. The van der Waals surface area contributed by atoms with E-state index in [0.717, 1.165) is 13.0 Å². The van der Waals surface area contributed by atoms with Gasteiger partial charge in [0.05, 0.1) is 6.67 Å². The molecule has 1 N–H and O–H groups in total. The maximum Gasteiger partial charge on any atom is 0.210 e. The van der Waals surface area contributed by atoms with E-state index in [-0.39, 0.29) is 5.54 Å². The lowest BCUT2D eigenvalue weighted by atomic mass is 10.1. The Labute approximate surface area is 68.8 Å². The molecule has 11 heavy (non-hydrogen) atoms. The van der Waals surface area contributed by atoms with Gasteiger partial charge in [-0.2, -0.15) is 0 Å². The number of hydrogen-bond acceptors (Lipinski definition) is 2. The molecule has 0 unspecified atom stereocenters. The van der Waals surface area contributed by atoms with Gasteiger partial charge in [0.1, 0.15) is 0 Å². The molecule has 0 saturated heterocycles. The van der Waals surface area contributed by atoms with E-state index in [1.807, 2.05) is 6.92 Å². The van der Waals surface area contributed by atoms with Crippen molar-refractivity contribution in [3.05, 3.63) is 0 Å². The van der Waals surface area contributed by atoms with Crippen LogP contribution in [0.5, 0.6) is 0 Å². The minimum Gasteiger partial charge on any atom is -0.333 e. The molecule has 0 fully saturated rings. The predicted octanol–water partition coefficient (Wildman–Crippen LogP) is 0.810. The summed E-state index contributed by atoms with van der Waals surface area (Å²) in [4.78, 5) is 12.0. The summed E-state index contributed by atoms with van der Waals surface area (Å²) in [5.41, 5.74) is 0.0798. The van der Waals surface area contributed by atoms with E-state index in [2.05, 4.69) is 26.1 Å². The number of rotatable bonds is 4. The number of hydrogen-bond donors (Lipinski definition) is 1. The zero-order chi connectivity index (χ0) is 8.91. The summed E-state index contributed by atoms with van der Waals surface area (Å²) in [5.74, 6) is 0. The van der Waals surface area contributed by atoms with Crippen LogP contribution in [0.4, 0.5) is 0 Å². The summed E-state index contributed by atoms with van der Waals surface area (Å²) < 4.78 is 0. The van der Waals surface area contributed by atoms with Crippen molar-refractivity contribution in [1.29, 1.82) is 0 Å². The van der Waals surface area contributed by atoms with Crippen molar-refractivity contribution in [2.24, 2.45) is 0 Å². The molecule has 0 saturated carbocycles. The number of carbonyl (C=O) groups is 1. The fourth-order valence-corrected chi connectivity index (χ4v) is 0.562. The van der Waals surface area contributed by atoms with Gasteiger partial charge in [-0.1, -0.05) is 0 Å². The average molecular weight is 158 g/mol. The first-order valence-corrected chi connectivity index (χ1v) is 3.94. The third-order valence-electron chi connectivity index (χ3n) is 1.37. The number of nitrogens with one attached hydrogen (secondary N) is 1. The summed E-state index contributed by atoms with van der Waals surface area (Å²) in [6.07, 6.45) is 0.860. The molecule has 3 heteroatoms. The molecule has 0 aliphatic rings. The Morgan fingerprint density at radius 3 is 2.27 bits per heavy atom. The van der Waals surface area contributed by atoms with Gasteiger partial charge in [-0.25, -0.2) is 0 Å². The van der Waals surface area contributed by atoms with Crippen molar-refractivity contribution >= 4 is 6.41 Å². The lowest BCUT2D eigenvalue weighted by molar-refractivity contribution is -0.118. The smallest absolute Gasteiger partial charge is 0.210 e. The van der Waals surface area contributed by atoms with Crippen LogP contribution in [0.25, 0.3) is 0 Å². The van der Waals surface area contributed by atoms with Crippen molar-refractivity contribution < 1.29 is 4.79 Å². The van der Waals surface area contributed by atoms with Gasteiger partial charge in [0.15, 0.2) is 0 Å². The molecule has 0 aromatic heterocycles. The molecule has 0 spiro atoms. The molecular weight excluding hydrogens is 140 g/mol. The molecule has 0 rings (SSSR count). The Hall–Kier alpha value is -0.570. The van der Waals surface area contributed by atoms with E-state index in [9.17, 15) is 4.79 Å². The molecule has 0 aliphatic carbocycles. The topological polar surface area (TPSA) is 32.3 Å². The molecule has 66 valence electrons. The van der Waals surface area contributed by atoms with Gasteiger partial charge in [0.25, 0.3) is 0 Å². The minimum absolute atomic E-state index is 0.0798. The lowest BCUT2D eigenvalue weighted by Crippen LogP contribution is -2.43. The summed E-state index contributed by atoms with van der Waals surface area (Å²) in [6, 6.07) is 0. The number of carbonyl (C=O) groups excluding carboxylic acids is 1. The van der Waals surface area contributed by atoms with E-state index in [4.69, 9.17) is 0 Å². The van der Waals surface area contributed by atoms with Gasteiger partial charge in [-0.15, -0.1) is 0 Å². The van der Waals surface area contributed by atoms with E-state index in [1.54, 1.807) is 4.90 Å². The highest BCUT2D eigenvalue weighted by atomic mass is 16.1. The maximum atomic E-state index is 10.3. The second-order valence-electron chi connectivity index (χ2n) is 3.60. The van der Waals surface area contributed by atoms with Crippen LogP contribution in [0.1, 0.15) is 27.7 Å². The quantitative estimate of drug-likeness (QED) is 0.485. The first kappa shape index (κ1) is 10.4. The van der Waals surface area contributed by atoms with Crippen LogP contribution >= 0.6 is 0 Å². The molecule has 0 aliphatic heterocycles. The normalized spacial score (nSPS) is 11.3. The zero-order valence-electron chi connectivity index (χ0n) is 7.85. The second-order valence-corrected chi connectivity index (χ2v) is 3.60. The van der Waals surface area contributed by atoms with Crippen molar-refractivity contribution in [3.8, 4) is 0 Å². The van der Waals surface area contributed by atoms with Crippen molar-refractivity contribution in [2.75, 3.05) is 13.2 Å². The molecule has 0 atom stereocenters. The highest BCUT2D eigenvalue weighted by molar-refractivity contribution is 5.46. The van der Waals surface area contributed by atoms with Crippen LogP contribution in [0.2, 0.25) is 0 Å². The van der Waals surface area contributed by atoms with Crippen LogP contribution < -0.4 is 5.32 Å². The predicted molar refractivity (Wildman–Crippen MR) is 46.2 cm³/mol. The SMILES string of the molecule is CCN(C=O)CNC(C)(C)C. The molecule has 0 heterocycles. The van der Waals surface area contributed by atoms with E-state index < -0.39 is 0 Å². The van der Waals surface area contributed by atoms with Gasteiger partial charge >= 0.3 is 0 Å². The van der Waals surface area contributed by atoms with Gasteiger partial charge in [0.2, 0.25) is 6.41 Å². The molecule has 0 bridgehead atoms. The van der Waals surface area contributed by atoms with Gasteiger partial charge in [-0.05, 0) is 27.7 Å². The molecule has 0 aromatic rings. The Bertz CT molecular complexity index is 118. The molecule has 3 nitrogen and oxygen atoms in total. The Kier molecular flexibility index (Phi) is 4.11. The van der Waals surface area contributed by atoms with Gasteiger partial charge in [0, 0.05) is 12.1 Å². The van der Waals surface area contributed by atoms with Gasteiger partial charge in [-0.3, -0.25) is 10.1 Å². The van der Waals surface area contributed by atoms with Crippen LogP contribution in [-0.4, -0.2) is 30.1 Å². The zero-order valence-corrected chi connectivity index (χ0v) is 7.85. The molecule has 0 radical (unpaired) electrons. The standard InChI is InChI=1S/C8H18N2O/c1-5-10(7-11)6-9-8(2,3)4/h7,9H,5-6H2,1-4H3. The van der Waals surface area contributed by atoms with Crippen LogP contribution in [0.15, 0.2) is 0 Å². The third-order valence-corrected chi connectivity index (χ3v) is 1.37. The van der Waals surface area contributed by atoms with E-state index >= 15 is 0 Å². The monoisotopic (exact) mass is 158 g/mol. The van der Waals surface area contributed by atoms with Gasteiger partial charge < -0.3 is 4.90 Å². The fraction of sp³-hybridized carbons (Fsp3) is 0.875. The number of nitrogens with zero attached hydrogens (tertiary/aromatic N) is 1. The highest BCUT2D eigenvalue weighted by Crippen LogP contribution is 1.97. The summed E-state index contributed by atoms with van der Waals surface area (Å²) in [7, 11) is 0. The third kappa shape index (κ3) is 5.85. The minimum atomic E-state index is 0.0798. The van der Waals surface area contributed by atoms with Crippen molar-refractivity contribution in [1.82, 2.24) is 10.2 Å². The Morgan fingerprint density at radius 1 is 1.45 bits per heavy atom. The second kappa shape index (κ2) is 4.34. The van der Waals surface area contributed by atoms with E-state index in [0.29, 0.717) is 6.67 Å². The maximum absolute atomic E-state index is 10.3. The van der Waals surface area contributed by atoms with Crippen molar-refractivity contribution in [3.63, 3.8) is 0 Å². The first-order chi connectivity index (χ1) is 4.99. The first-order valence-electron chi connectivity index (χ1n) is 3.94. The summed E-state index contributed by atoms with van der Waals surface area (Å²) >= 11 is 0. The molecular formula is C8H18N2O. The number of amides is 1. The highest BCUT2D eigenvalue weighted by Gasteiger charge is 2.09. The lowest BCUT2D eigenvalue weighted by Gasteiger charge is -2.24. The largest absolute Gasteiger partial charge is 0.333 e. The van der Waals surface area contributed by atoms with Crippen LogP contribution in [0.3, 0.4) is 0 Å². The fourth-order valence-electron chi connectivity index (χ4n) is 0.562. The van der Waals surface area contributed by atoms with Crippen LogP contribution in [0, 0.1) is 0 Å². The summed E-state index contributed by atoms with van der Waals surface area (Å²) in [5, 5.41) is 3.22. The van der Waals surface area contributed by atoms with Crippen LogP contribution in [-0.2, 0) is 4.79 Å². The molecule has 1 amide bonds. The summed E-state index contributed by atoms with van der Waals surface area (Å²) in [6.45, 7) is 9.57. The Balaban J connectivity index is 3.59.